The summed E-state index contributed by atoms with van der Waals surface area (Å²) in [7, 11) is 0. The molecule has 66 valence electrons. The summed E-state index contributed by atoms with van der Waals surface area (Å²) in [6.45, 7) is 8.51. The van der Waals surface area contributed by atoms with Gasteiger partial charge in [0.25, 0.3) is 0 Å². The molecule has 0 amide bonds. The first-order chi connectivity index (χ1) is 5.77. The lowest BCUT2D eigenvalue weighted by Gasteiger charge is -2.05. The zero-order chi connectivity index (χ0) is 8.97. The fourth-order valence-electron chi connectivity index (χ4n) is 1.53. The molecule has 0 saturated carbocycles. The Kier molecular flexibility index (Phi) is 3.33. The van der Waals surface area contributed by atoms with Crippen LogP contribution in [0.2, 0.25) is 0 Å². The van der Waals surface area contributed by atoms with E-state index >= 15 is 0 Å². The number of allylic oxidation sites excluding steroid dienone is 5. The first kappa shape index (κ1) is 9.31. The molecule has 0 fully saturated rings. The van der Waals surface area contributed by atoms with E-state index < -0.39 is 0 Å². The highest BCUT2D eigenvalue weighted by Gasteiger charge is 2.08. The minimum atomic E-state index is 1.15. The van der Waals surface area contributed by atoms with Crippen LogP contribution in [0.1, 0.15) is 39.5 Å². The lowest BCUT2D eigenvalue weighted by atomic mass is 10.00. The lowest BCUT2D eigenvalue weighted by Crippen LogP contribution is -1.86. The Hall–Kier alpha value is -0.780. The molecule has 1 aliphatic carbocycles. The third kappa shape index (κ3) is 2.10. The minimum absolute atomic E-state index is 1.15. The van der Waals surface area contributed by atoms with Gasteiger partial charge in [0.15, 0.2) is 0 Å². The highest BCUT2D eigenvalue weighted by atomic mass is 14.1. The predicted molar refractivity (Wildman–Crippen MR) is 55.1 cm³/mol. The molecule has 0 spiro atoms. The van der Waals surface area contributed by atoms with E-state index in [4.69, 9.17) is 0 Å². The SMILES string of the molecule is C=C(CCC)C1=CC=C(CC)C1. The molecule has 12 heavy (non-hydrogen) atoms. The van der Waals surface area contributed by atoms with Gasteiger partial charge in [-0.25, -0.2) is 0 Å². The van der Waals surface area contributed by atoms with Crippen molar-refractivity contribution in [3.8, 4) is 0 Å². The second kappa shape index (κ2) is 4.30. The van der Waals surface area contributed by atoms with Crippen LogP contribution >= 0.6 is 0 Å². The van der Waals surface area contributed by atoms with Crippen molar-refractivity contribution in [2.45, 2.75) is 39.5 Å². The second-order valence-electron chi connectivity index (χ2n) is 3.40. The van der Waals surface area contributed by atoms with Gasteiger partial charge < -0.3 is 0 Å². The fraction of sp³-hybridized carbons (Fsp3) is 0.500. The zero-order valence-corrected chi connectivity index (χ0v) is 8.19. The first-order valence-corrected chi connectivity index (χ1v) is 4.84. The molecule has 0 heteroatoms. The van der Waals surface area contributed by atoms with Crippen molar-refractivity contribution in [3.05, 3.63) is 35.5 Å². The molecule has 0 atom stereocenters. The maximum atomic E-state index is 4.09. The largest absolute Gasteiger partial charge is 0.0955 e. The summed E-state index contributed by atoms with van der Waals surface area (Å²) in [5.41, 5.74) is 4.33. The molecule has 1 rings (SSSR count). The van der Waals surface area contributed by atoms with Crippen LogP contribution in [0.5, 0.6) is 0 Å². The normalized spacial score (nSPS) is 15.8. The maximum Gasteiger partial charge on any atom is -0.00616 e. The molecular weight excluding hydrogens is 144 g/mol. The van der Waals surface area contributed by atoms with Crippen molar-refractivity contribution in [1.82, 2.24) is 0 Å². The molecule has 0 aromatic carbocycles. The highest BCUT2D eigenvalue weighted by Crippen LogP contribution is 2.27. The maximum absolute atomic E-state index is 4.09. The standard InChI is InChI=1S/C12H18/c1-4-6-10(3)12-8-7-11(5-2)9-12/h7-8H,3-6,9H2,1-2H3. The van der Waals surface area contributed by atoms with Gasteiger partial charge in [-0.2, -0.15) is 0 Å². The quantitative estimate of drug-likeness (QED) is 0.586. The Bertz CT molecular complexity index is 228. The summed E-state index contributed by atoms with van der Waals surface area (Å²) >= 11 is 0. The van der Waals surface area contributed by atoms with Crippen LogP contribution in [0.3, 0.4) is 0 Å². The van der Waals surface area contributed by atoms with Gasteiger partial charge in [0.1, 0.15) is 0 Å². The topological polar surface area (TPSA) is 0 Å². The van der Waals surface area contributed by atoms with Crippen LogP contribution in [0.4, 0.5) is 0 Å². The van der Waals surface area contributed by atoms with E-state index in [1.165, 1.54) is 24.0 Å². The third-order valence-corrected chi connectivity index (χ3v) is 2.40. The van der Waals surface area contributed by atoms with Gasteiger partial charge in [-0.05, 0) is 24.8 Å². The van der Waals surface area contributed by atoms with Gasteiger partial charge in [0.2, 0.25) is 0 Å². The van der Waals surface area contributed by atoms with Crippen LogP contribution in [0, 0.1) is 0 Å². The Morgan fingerprint density at radius 3 is 2.67 bits per heavy atom. The van der Waals surface area contributed by atoms with E-state index in [-0.39, 0.29) is 0 Å². The Labute approximate surface area is 75.7 Å². The lowest BCUT2D eigenvalue weighted by molar-refractivity contribution is 0.898. The van der Waals surface area contributed by atoms with Gasteiger partial charge in [0.05, 0.1) is 0 Å². The molecule has 0 bridgehead atoms. The second-order valence-corrected chi connectivity index (χ2v) is 3.40. The smallest absolute Gasteiger partial charge is 0.00616 e. The number of hydrogen-bond donors (Lipinski definition) is 0. The summed E-state index contributed by atoms with van der Waals surface area (Å²) in [5.74, 6) is 0. The van der Waals surface area contributed by atoms with Crippen molar-refractivity contribution in [1.29, 1.82) is 0 Å². The van der Waals surface area contributed by atoms with Gasteiger partial charge >= 0.3 is 0 Å². The van der Waals surface area contributed by atoms with Crippen molar-refractivity contribution < 1.29 is 0 Å². The summed E-state index contributed by atoms with van der Waals surface area (Å²) in [4.78, 5) is 0. The Morgan fingerprint density at radius 1 is 1.42 bits per heavy atom. The van der Waals surface area contributed by atoms with Crippen molar-refractivity contribution in [3.63, 3.8) is 0 Å². The van der Waals surface area contributed by atoms with E-state index in [1.54, 1.807) is 5.57 Å². The van der Waals surface area contributed by atoms with Crippen molar-refractivity contribution >= 4 is 0 Å². The zero-order valence-electron chi connectivity index (χ0n) is 8.19. The molecule has 0 nitrogen and oxygen atoms in total. The van der Waals surface area contributed by atoms with E-state index in [1.807, 2.05) is 0 Å². The van der Waals surface area contributed by atoms with E-state index in [2.05, 4.69) is 32.6 Å². The average molecular weight is 162 g/mol. The summed E-state index contributed by atoms with van der Waals surface area (Å²) in [6.07, 6.45) is 9.16. The van der Waals surface area contributed by atoms with Crippen LogP contribution in [0.25, 0.3) is 0 Å². The van der Waals surface area contributed by atoms with Crippen LogP contribution in [-0.2, 0) is 0 Å². The summed E-state index contributed by atoms with van der Waals surface area (Å²) in [5, 5.41) is 0. The average Bonchev–Trinajstić information content (AvgIpc) is 2.52. The number of hydrogen-bond acceptors (Lipinski definition) is 0. The minimum Gasteiger partial charge on any atom is -0.0955 e. The molecule has 0 radical (unpaired) electrons. The van der Waals surface area contributed by atoms with Crippen LogP contribution < -0.4 is 0 Å². The Balaban J connectivity index is 2.45. The summed E-state index contributed by atoms with van der Waals surface area (Å²) < 4.78 is 0. The molecule has 0 aliphatic heterocycles. The van der Waals surface area contributed by atoms with Gasteiger partial charge in [0, 0.05) is 0 Å². The predicted octanol–water partition coefficient (Wildman–Crippen LogP) is 4.01. The monoisotopic (exact) mass is 162 g/mol. The summed E-state index contributed by atoms with van der Waals surface area (Å²) in [6, 6.07) is 0. The van der Waals surface area contributed by atoms with Crippen LogP contribution in [0.15, 0.2) is 35.5 Å². The molecule has 1 aliphatic rings. The molecule has 0 heterocycles. The van der Waals surface area contributed by atoms with E-state index in [0.717, 1.165) is 12.8 Å². The van der Waals surface area contributed by atoms with Crippen LogP contribution in [-0.4, -0.2) is 0 Å². The Morgan fingerprint density at radius 2 is 2.17 bits per heavy atom. The van der Waals surface area contributed by atoms with Crippen molar-refractivity contribution in [2.75, 3.05) is 0 Å². The molecule has 0 N–H and O–H groups in total. The highest BCUT2D eigenvalue weighted by molar-refractivity contribution is 5.41. The molecule has 0 unspecified atom stereocenters. The first-order valence-electron chi connectivity index (χ1n) is 4.84. The molecule has 0 aromatic heterocycles. The van der Waals surface area contributed by atoms with E-state index in [0.29, 0.717) is 0 Å². The van der Waals surface area contributed by atoms with E-state index in [9.17, 15) is 0 Å². The number of rotatable bonds is 4. The molecule has 0 saturated heterocycles. The van der Waals surface area contributed by atoms with Crippen molar-refractivity contribution in [2.24, 2.45) is 0 Å². The molecule has 0 aromatic rings. The van der Waals surface area contributed by atoms with Gasteiger partial charge in [-0.15, -0.1) is 0 Å². The van der Waals surface area contributed by atoms with Gasteiger partial charge in [-0.3, -0.25) is 0 Å². The third-order valence-electron chi connectivity index (χ3n) is 2.40. The van der Waals surface area contributed by atoms with Gasteiger partial charge in [-0.1, -0.05) is 50.1 Å². The fourth-order valence-corrected chi connectivity index (χ4v) is 1.53. The molecular formula is C12H18.